The molecule has 0 saturated carbocycles. The van der Waals surface area contributed by atoms with E-state index in [1.165, 1.54) is 77.4 Å². The van der Waals surface area contributed by atoms with Crippen LogP contribution in [-0.2, 0) is 4.79 Å². The normalized spacial score (nSPS) is 17.2. The molecule has 0 aromatic heterocycles. The van der Waals surface area contributed by atoms with Crippen molar-refractivity contribution in [2.75, 3.05) is 19.6 Å². The summed E-state index contributed by atoms with van der Waals surface area (Å²) >= 11 is 0. The number of rotatable bonds is 10. The highest BCUT2D eigenvalue weighted by Crippen LogP contribution is 2.11. The van der Waals surface area contributed by atoms with Crippen LogP contribution in [0.15, 0.2) is 0 Å². The molecule has 1 saturated heterocycles. The molecule has 1 rings (SSSR count). The number of carbonyl (C=O) groups is 1. The van der Waals surface area contributed by atoms with E-state index in [9.17, 15) is 4.79 Å². The molecule has 17 heavy (non-hydrogen) atoms. The van der Waals surface area contributed by atoms with Gasteiger partial charge in [-0.15, -0.1) is 0 Å². The first kappa shape index (κ1) is 14.7. The first-order valence-electron chi connectivity index (χ1n) is 7.59. The Morgan fingerprint density at radius 2 is 1.35 bits per heavy atom. The van der Waals surface area contributed by atoms with Crippen LogP contribution in [0.4, 0.5) is 0 Å². The first-order valence-corrected chi connectivity index (χ1v) is 7.59. The molecule has 0 radical (unpaired) electrons. The van der Waals surface area contributed by atoms with Crippen molar-refractivity contribution in [1.82, 2.24) is 4.90 Å². The summed E-state index contributed by atoms with van der Waals surface area (Å²) in [7, 11) is 0. The fourth-order valence-corrected chi connectivity index (χ4v) is 2.63. The largest absolute Gasteiger partial charge is 0.303 e. The average Bonchev–Trinajstić information content (AvgIpc) is 2.38. The van der Waals surface area contributed by atoms with E-state index in [0.717, 1.165) is 19.1 Å². The van der Waals surface area contributed by atoms with Crippen molar-refractivity contribution in [2.45, 2.75) is 70.6 Å². The fraction of sp³-hybridized carbons (Fsp3) is 0.933. The van der Waals surface area contributed by atoms with E-state index in [0.29, 0.717) is 0 Å². The van der Waals surface area contributed by atoms with E-state index in [4.69, 9.17) is 0 Å². The van der Waals surface area contributed by atoms with E-state index < -0.39 is 0 Å². The zero-order valence-electron chi connectivity index (χ0n) is 11.3. The third-order valence-corrected chi connectivity index (χ3v) is 3.75. The molecule has 2 nitrogen and oxygen atoms in total. The van der Waals surface area contributed by atoms with Gasteiger partial charge >= 0.3 is 0 Å². The SMILES string of the molecule is O=CCCCCCCCCCN1CCCCC1. The molecule has 0 unspecified atom stereocenters. The lowest BCUT2D eigenvalue weighted by atomic mass is 10.1. The van der Waals surface area contributed by atoms with Gasteiger partial charge in [0.15, 0.2) is 0 Å². The van der Waals surface area contributed by atoms with Crippen LogP contribution in [-0.4, -0.2) is 30.8 Å². The Morgan fingerprint density at radius 3 is 2.00 bits per heavy atom. The number of hydrogen-bond acceptors (Lipinski definition) is 2. The van der Waals surface area contributed by atoms with Crippen LogP contribution in [0.3, 0.4) is 0 Å². The van der Waals surface area contributed by atoms with E-state index in [1.54, 1.807) is 0 Å². The second-order valence-corrected chi connectivity index (χ2v) is 5.33. The molecule has 1 aliphatic rings. The van der Waals surface area contributed by atoms with Gasteiger partial charge in [-0.2, -0.15) is 0 Å². The lowest BCUT2D eigenvalue weighted by Crippen LogP contribution is -2.30. The molecule has 0 bridgehead atoms. The fourth-order valence-electron chi connectivity index (χ4n) is 2.63. The Labute approximate surface area is 107 Å². The Morgan fingerprint density at radius 1 is 0.765 bits per heavy atom. The minimum atomic E-state index is 0.759. The van der Waals surface area contributed by atoms with Crippen molar-refractivity contribution in [3.63, 3.8) is 0 Å². The third-order valence-electron chi connectivity index (χ3n) is 3.75. The molecule has 0 amide bonds. The van der Waals surface area contributed by atoms with Crippen LogP contribution in [0, 0.1) is 0 Å². The van der Waals surface area contributed by atoms with Crippen molar-refractivity contribution in [1.29, 1.82) is 0 Å². The molecule has 0 spiro atoms. The van der Waals surface area contributed by atoms with Crippen LogP contribution in [0.1, 0.15) is 70.6 Å². The average molecular weight is 239 g/mol. The number of unbranched alkanes of at least 4 members (excludes halogenated alkanes) is 7. The van der Waals surface area contributed by atoms with Gasteiger partial charge in [-0.05, 0) is 45.3 Å². The smallest absolute Gasteiger partial charge is 0.119 e. The van der Waals surface area contributed by atoms with E-state index in [1.807, 2.05) is 0 Å². The Balaban J connectivity index is 1.76. The first-order chi connectivity index (χ1) is 8.43. The summed E-state index contributed by atoms with van der Waals surface area (Å²) in [5.41, 5.74) is 0. The highest BCUT2D eigenvalue weighted by atomic mass is 16.1. The minimum absolute atomic E-state index is 0.759. The standard InChI is InChI=1S/C15H29NO/c17-15-11-6-4-2-1-3-5-8-12-16-13-9-7-10-14-16/h15H,1-14H2. The maximum atomic E-state index is 10.1. The molecular weight excluding hydrogens is 210 g/mol. The van der Waals surface area contributed by atoms with Gasteiger partial charge in [-0.25, -0.2) is 0 Å². The molecule has 0 N–H and O–H groups in total. The van der Waals surface area contributed by atoms with Gasteiger partial charge in [-0.3, -0.25) is 0 Å². The zero-order valence-corrected chi connectivity index (χ0v) is 11.3. The summed E-state index contributed by atoms with van der Waals surface area (Å²) in [6, 6.07) is 0. The Hall–Kier alpha value is -0.370. The summed E-state index contributed by atoms with van der Waals surface area (Å²) in [4.78, 5) is 12.8. The highest BCUT2D eigenvalue weighted by Gasteiger charge is 2.08. The number of aldehydes is 1. The van der Waals surface area contributed by atoms with E-state index in [2.05, 4.69) is 4.90 Å². The van der Waals surface area contributed by atoms with Crippen molar-refractivity contribution in [3.8, 4) is 0 Å². The molecule has 0 aromatic rings. The topological polar surface area (TPSA) is 20.3 Å². The van der Waals surface area contributed by atoms with Crippen molar-refractivity contribution in [3.05, 3.63) is 0 Å². The molecule has 100 valence electrons. The van der Waals surface area contributed by atoms with Gasteiger partial charge in [0, 0.05) is 6.42 Å². The summed E-state index contributed by atoms with van der Waals surface area (Å²) in [5.74, 6) is 0. The molecular formula is C15H29NO. The minimum Gasteiger partial charge on any atom is -0.303 e. The lowest BCUT2D eigenvalue weighted by Gasteiger charge is -2.26. The van der Waals surface area contributed by atoms with Gasteiger partial charge < -0.3 is 9.69 Å². The number of carbonyl (C=O) groups excluding carboxylic acids is 1. The molecule has 1 heterocycles. The van der Waals surface area contributed by atoms with Crippen molar-refractivity contribution >= 4 is 6.29 Å². The highest BCUT2D eigenvalue weighted by molar-refractivity contribution is 5.48. The van der Waals surface area contributed by atoms with Crippen LogP contribution >= 0.6 is 0 Å². The summed E-state index contributed by atoms with van der Waals surface area (Å²) in [6.07, 6.45) is 15.2. The number of likely N-dealkylation sites (tertiary alicyclic amines) is 1. The molecule has 1 aliphatic heterocycles. The third kappa shape index (κ3) is 8.37. The zero-order chi connectivity index (χ0) is 12.2. The number of piperidine rings is 1. The lowest BCUT2D eigenvalue weighted by molar-refractivity contribution is -0.107. The predicted molar refractivity (Wildman–Crippen MR) is 73.3 cm³/mol. The second kappa shape index (κ2) is 10.8. The molecule has 1 fully saturated rings. The summed E-state index contributed by atoms with van der Waals surface area (Å²) in [6.45, 7) is 4.00. The summed E-state index contributed by atoms with van der Waals surface area (Å²) < 4.78 is 0. The van der Waals surface area contributed by atoms with Crippen LogP contribution in [0.2, 0.25) is 0 Å². The second-order valence-electron chi connectivity index (χ2n) is 5.33. The molecule has 0 aliphatic carbocycles. The van der Waals surface area contributed by atoms with Crippen molar-refractivity contribution in [2.24, 2.45) is 0 Å². The Bertz CT molecular complexity index is 176. The monoisotopic (exact) mass is 239 g/mol. The quantitative estimate of drug-likeness (QED) is 0.427. The molecule has 0 aromatic carbocycles. The van der Waals surface area contributed by atoms with Gasteiger partial charge in [0.1, 0.15) is 6.29 Å². The van der Waals surface area contributed by atoms with Crippen molar-refractivity contribution < 1.29 is 4.79 Å². The van der Waals surface area contributed by atoms with Crippen LogP contribution in [0.5, 0.6) is 0 Å². The Kier molecular flexibility index (Phi) is 9.30. The number of nitrogens with zero attached hydrogens (tertiary/aromatic N) is 1. The molecule has 2 heteroatoms. The number of hydrogen-bond donors (Lipinski definition) is 0. The molecule has 0 atom stereocenters. The van der Waals surface area contributed by atoms with Gasteiger partial charge in [0.05, 0.1) is 0 Å². The van der Waals surface area contributed by atoms with E-state index >= 15 is 0 Å². The summed E-state index contributed by atoms with van der Waals surface area (Å²) in [5, 5.41) is 0. The predicted octanol–water partition coefficient (Wildman–Crippen LogP) is 3.79. The maximum absolute atomic E-state index is 10.1. The van der Waals surface area contributed by atoms with Crippen LogP contribution in [0.25, 0.3) is 0 Å². The van der Waals surface area contributed by atoms with Gasteiger partial charge in [0.2, 0.25) is 0 Å². The van der Waals surface area contributed by atoms with E-state index in [-0.39, 0.29) is 0 Å². The maximum Gasteiger partial charge on any atom is 0.119 e. The van der Waals surface area contributed by atoms with Gasteiger partial charge in [0.25, 0.3) is 0 Å². The van der Waals surface area contributed by atoms with Crippen LogP contribution < -0.4 is 0 Å². The van der Waals surface area contributed by atoms with Gasteiger partial charge in [-0.1, -0.05) is 38.5 Å².